The van der Waals surface area contributed by atoms with Crippen LogP contribution < -0.4 is 0 Å². The van der Waals surface area contributed by atoms with Crippen molar-refractivity contribution >= 4 is 0 Å². The molecule has 2 aliphatic rings. The third-order valence-electron chi connectivity index (χ3n) is 4.59. The van der Waals surface area contributed by atoms with E-state index in [9.17, 15) is 15.2 Å². The molecule has 1 N–H and O–H groups in total. The van der Waals surface area contributed by atoms with E-state index in [0.717, 1.165) is 32.1 Å². The van der Waals surface area contributed by atoms with Gasteiger partial charge in [-0.3, -0.25) is 10.1 Å². The predicted octanol–water partition coefficient (Wildman–Crippen LogP) is 2.13. The Hall–Kier alpha value is -0.640. The zero-order valence-corrected chi connectivity index (χ0v) is 9.24. The molecular weight excluding hydrogens is 194 g/mol. The van der Waals surface area contributed by atoms with Gasteiger partial charge in [0.25, 0.3) is 0 Å². The van der Waals surface area contributed by atoms with Crippen LogP contribution in [-0.2, 0) is 0 Å². The highest BCUT2D eigenvalue weighted by Gasteiger charge is 2.60. The molecule has 2 aliphatic carbocycles. The van der Waals surface area contributed by atoms with E-state index >= 15 is 0 Å². The van der Waals surface area contributed by atoms with Gasteiger partial charge in [-0.1, -0.05) is 19.8 Å². The van der Waals surface area contributed by atoms with Crippen molar-refractivity contribution in [3.8, 4) is 0 Å². The van der Waals surface area contributed by atoms with Gasteiger partial charge in [0, 0.05) is 16.8 Å². The maximum Gasteiger partial charge on any atom is 0.241 e. The predicted molar refractivity (Wildman–Crippen MR) is 56.2 cm³/mol. The van der Waals surface area contributed by atoms with Crippen molar-refractivity contribution in [2.75, 3.05) is 0 Å². The number of aliphatic hydroxyl groups is 1. The molecule has 3 atom stereocenters. The largest absolute Gasteiger partial charge is 0.382 e. The zero-order chi connectivity index (χ0) is 11.1. The molecule has 0 aromatic carbocycles. The molecule has 2 fully saturated rings. The zero-order valence-electron chi connectivity index (χ0n) is 9.24. The quantitative estimate of drug-likeness (QED) is 0.536. The Morgan fingerprint density at radius 1 is 1.27 bits per heavy atom. The lowest BCUT2D eigenvalue weighted by Gasteiger charge is -2.52. The number of nitro groups is 1. The molecular formula is C11H19NO3. The van der Waals surface area contributed by atoms with Crippen LogP contribution in [0.3, 0.4) is 0 Å². The highest BCUT2D eigenvalue weighted by molar-refractivity contribution is 5.06. The van der Waals surface area contributed by atoms with Crippen molar-refractivity contribution < 1.29 is 10.0 Å². The summed E-state index contributed by atoms with van der Waals surface area (Å²) in [5.74, 6) is 0. The van der Waals surface area contributed by atoms with Gasteiger partial charge in [-0.25, -0.2) is 0 Å². The molecule has 2 rings (SSSR count). The summed E-state index contributed by atoms with van der Waals surface area (Å²) in [4.78, 5) is 10.7. The van der Waals surface area contributed by atoms with E-state index < -0.39 is 11.6 Å². The van der Waals surface area contributed by atoms with E-state index in [1.54, 1.807) is 0 Å². The number of rotatable bonds is 1. The molecule has 15 heavy (non-hydrogen) atoms. The first-order chi connectivity index (χ1) is 7.00. The lowest BCUT2D eigenvalue weighted by atomic mass is 9.56. The van der Waals surface area contributed by atoms with Gasteiger partial charge in [0.2, 0.25) is 6.04 Å². The van der Waals surface area contributed by atoms with Crippen LogP contribution in [0.4, 0.5) is 0 Å². The molecule has 4 heteroatoms. The minimum Gasteiger partial charge on any atom is -0.382 e. The van der Waals surface area contributed by atoms with Gasteiger partial charge in [0.15, 0.2) is 0 Å². The summed E-state index contributed by atoms with van der Waals surface area (Å²) < 4.78 is 0. The van der Waals surface area contributed by atoms with Crippen LogP contribution in [-0.4, -0.2) is 21.7 Å². The molecule has 0 unspecified atom stereocenters. The van der Waals surface area contributed by atoms with Crippen molar-refractivity contribution in [2.45, 2.75) is 63.5 Å². The van der Waals surface area contributed by atoms with E-state index in [0.29, 0.717) is 12.8 Å². The lowest BCUT2D eigenvalue weighted by molar-refractivity contribution is -0.558. The highest BCUT2D eigenvalue weighted by atomic mass is 16.6. The molecule has 4 nitrogen and oxygen atoms in total. The van der Waals surface area contributed by atoms with E-state index in [-0.39, 0.29) is 10.3 Å². The Labute approximate surface area is 89.8 Å². The number of nitrogens with zero attached hydrogens (tertiary/aromatic N) is 1. The molecule has 0 aromatic heterocycles. The van der Waals surface area contributed by atoms with Crippen LogP contribution in [0.1, 0.15) is 51.9 Å². The van der Waals surface area contributed by atoms with Gasteiger partial charge < -0.3 is 5.11 Å². The fourth-order valence-electron chi connectivity index (χ4n) is 3.54. The lowest BCUT2D eigenvalue weighted by Crippen LogP contribution is -2.61. The first kappa shape index (κ1) is 10.9. The maximum absolute atomic E-state index is 11.0. The van der Waals surface area contributed by atoms with E-state index in [1.165, 1.54) is 0 Å². The summed E-state index contributed by atoms with van der Waals surface area (Å²) in [5, 5.41) is 21.6. The summed E-state index contributed by atoms with van der Waals surface area (Å²) in [7, 11) is 0. The Balaban J connectivity index is 2.33. The van der Waals surface area contributed by atoms with Gasteiger partial charge >= 0.3 is 0 Å². The second-order valence-corrected chi connectivity index (χ2v) is 5.39. The first-order valence-corrected chi connectivity index (χ1v) is 5.85. The second-order valence-electron chi connectivity index (χ2n) is 5.39. The minimum absolute atomic E-state index is 0.221. The van der Waals surface area contributed by atoms with E-state index in [1.807, 2.05) is 6.92 Å². The standard InChI is InChI=1S/C11H19NO3/c1-10-6-2-3-8-11(10,13)9(12(14)15)5-4-7-10/h9,13H,2-8H2,1H3/t9-,10+,11-/m0/s1. The summed E-state index contributed by atoms with van der Waals surface area (Å²) >= 11 is 0. The number of hydrogen-bond donors (Lipinski definition) is 1. The van der Waals surface area contributed by atoms with Crippen LogP contribution in [0.25, 0.3) is 0 Å². The summed E-state index contributed by atoms with van der Waals surface area (Å²) in [6.07, 6.45) is 5.93. The third-order valence-corrected chi connectivity index (χ3v) is 4.59. The third kappa shape index (κ3) is 1.46. The van der Waals surface area contributed by atoms with Gasteiger partial charge in [-0.15, -0.1) is 0 Å². The van der Waals surface area contributed by atoms with Gasteiger partial charge in [0.05, 0.1) is 0 Å². The van der Waals surface area contributed by atoms with Gasteiger partial charge in [0.1, 0.15) is 5.60 Å². The molecule has 0 aliphatic heterocycles. The molecule has 0 spiro atoms. The molecule has 0 heterocycles. The molecule has 0 saturated heterocycles. The van der Waals surface area contributed by atoms with Gasteiger partial charge in [-0.2, -0.15) is 0 Å². The van der Waals surface area contributed by atoms with Crippen LogP contribution in [0.5, 0.6) is 0 Å². The Kier molecular flexibility index (Phi) is 2.49. The molecule has 2 saturated carbocycles. The maximum atomic E-state index is 11.0. The first-order valence-electron chi connectivity index (χ1n) is 5.85. The van der Waals surface area contributed by atoms with E-state index in [4.69, 9.17) is 0 Å². The molecule has 86 valence electrons. The van der Waals surface area contributed by atoms with Crippen molar-refractivity contribution in [3.05, 3.63) is 10.1 Å². The fraction of sp³-hybridized carbons (Fsp3) is 1.00. The summed E-state index contributed by atoms with van der Waals surface area (Å²) in [5.41, 5.74) is -1.27. The molecule has 0 radical (unpaired) electrons. The smallest absolute Gasteiger partial charge is 0.241 e. The van der Waals surface area contributed by atoms with Crippen LogP contribution in [0.15, 0.2) is 0 Å². The van der Waals surface area contributed by atoms with Crippen LogP contribution in [0.2, 0.25) is 0 Å². The average Bonchev–Trinajstić information content (AvgIpc) is 2.17. The van der Waals surface area contributed by atoms with Crippen molar-refractivity contribution in [2.24, 2.45) is 5.41 Å². The van der Waals surface area contributed by atoms with Crippen molar-refractivity contribution in [3.63, 3.8) is 0 Å². The molecule has 0 amide bonds. The highest BCUT2D eigenvalue weighted by Crippen LogP contribution is 2.53. The topological polar surface area (TPSA) is 63.4 Å². The second kappa shape index (κ2) is 3.44. The van der Waals surface area contributed by atoms with Gasteiger partial charge in [-0.05, 0) is 25.7 Å². The molecule has 0 bridgehead atoms. The fourth-order valence-corrected chi connectivity index (χ4v) is 3.54. The molecule has 0 aromatic rings. The minimum atomic E-state index is -1.05. The Morgan fingerprint density at radius 3 is 2.53 bits per heavy atom. The summed E-state index contributed by atoms with van der Waals surface area (Å²) in [6.45, 7) is 2.03. The summed E-state index contributed by atoms with van der Waals surface area (Å²) in [6, 6.07) is -0.739. The number of fused-ring (bicyclic) bond motifs is 1. The SMILES string of the molecule is C[C@]12CCCC[C@]1(O)[C@@H]([N+](=O)[O-])CCC2. The van der Waals surface area contributed by atoms with Crippen molar-refractivity contribution in [1.82, 2.24) is 0 Å². The normalized spacial score (nSPS) is 45.9. The van der Waals surface area contributed by atoms with Crippen LogP contribution >= 0.6 is 0 Å². The average molecular weight is 213 g/mol. The number of hydrogen-bond acceptors (Lipinski definition) is 3. The van der Waals surface area contributed by atoms with Crippen molar-refractivity contribution in [1.29, 1.82) is 0 Å². The Morgan fingerprint density at radius 2 is 1.87 bits per heavy atom. The monoisotopic (exact) mass is 213 g/mol. The Bertz CT molecular complexity index is 277. The van der Waals surface area contributed by atoms with E-state index in [2.05, 4.69) is 0 Å². The van der Waals surface area contributed by atoms with Crippen LogP contribution in [0, 0.1) is 15.5 Å².